The van der Waals surface area contributed by atoms with Crippen molar-refractivity contribution in [3.05, 3.63) is 58.7 Å². The van der Waals surface area contributed by atoms with Crippen molar-refractivity contribution in [2.24, 2.45) is 0 Å². The van der Waals surface area contributed by atoms with Crippen LogP contribution in [-0.4, -0.2) is 52.2 Å². The second-order valence-electron chi connectivity index (χ2n) is 5.88. The Balaban J connectivity index is 2.33. The van der Waals surface area contributed by atoms with Crippen LogP contribution in [0, 0.1) is 0 Å². The highest BCUT2D eigenvalue weighted by atomic mass is 16.7. The molecular weight excluding hydrogens is 364 g/mol. The highest BCUT2D eigenvalue weighted by Gasteiger charge is 2.22. The van der Waals surface area contributed by atoms with E-state index in [1.165, 1.54) is 14.2 Å². The minimum absolute atomic E-state index is 0.0593. The topological polar surface area (TPSA) is 83.5 Å². The second-order valence-corrected chi connectivity index (χ2v) is 5.88. The van der Waals surface area contributed by atoms with Gasteiger partial charge in [0.1, 0.15) is 18.3 Å². The molecule has 0 radical (unpaired) electrons. The largest absolute Gasteiger partial charge is 0.497 e. The van der Waals surface area contributed by atoms with Gasteiger partial charge < -0.3 is 28.8 Å². The number of ketones is 1. The summed E-state index contributed by atoms with van der Waals surface area (Å²) in [5.41, 5.74) is 1.91. The van der Waals surface area contributed by atoms with Gasteiger partial charge in [0, 0.05) is 18.7 Å². The summed E-state index contributed by atoms with van der Waals surface area (Å²) in [5.74, 6) is 0.654. The third-order valence-corrected chi connectivity index (χ3v) is 4.13. The van der Waals surface area contributed by atoms with E-state index in [1.54, 1.807) is 43.5 Å². The summed E-state index contributed by atoms with van der Waals surface area (Å²) in [5, 5.41) is 9.58. The zero-order valence-electron chi connectivity index (χ0n) is 16.4. The van der Waals surface area contributed by atoms with Crippen LogP contribution in [0.4, 0.5) is 0 Å². The van der Waals surface area contributed by atoms with Crippen LogP contribution in [0.2, 0.25) is 0 Å². The maximum absolute atomic E-state index is 13.3. The van der Waals surface area contributed by atoms with Crippen molar-refractivity contribution in [3.63, 3.8) is 0 Å². The fraction of sp³-hybridized carbons (Fsp3) is 0.381. The molecule has 2 rings (SSSR count). The number of aliphatic hydroxyl groups is 1. The molecule has 2 aromatic rings. The van der Waals surface area contributed by atoms with Crippen LogP contribution in [0.25, 0.3) is 0 Å². The quantitative estimate of drug-likeness (QED) is 0.339. The lowest BCUT2D eigenvalue weighted by Crippen LogP contribution is -2.13. The minimum Gasteiger partial charge on any atom is -0.497 e. The molecule has 2 aromatic carbocycles. The predicted molar refractivity (Wildman–Crippen MR) is 103 cm³/mol. The maximum atomic E-state index is 13.3. The van der Waals surface area contributed by atoms with Crippen molar-refractivity contribution >= 4 is 5.78 Å². The summed E-state index contributed by atoms with van der Waals surface area (Å²) in [7, 11) is 4.62. The molecule has 0 aliphatic heterocycles. The Morgan fingerprint density at radius 3 is 2.43 bits per heavy atom. The van der Waals surface area contributed by atoms with E-state index in [1.807, 2.05) is 0 Å². The molecule has 0 aromatic heterocycles. The van der Waals surface area contributed by atoms with Crippen LogP contribution in [0.3, 0.4) is 0 Å². The van der Waals surface area contributed by atoms with Crippen molar-refractivity contribution in [2.45, 2.75) is 13.2 Å². The number of aliphatic hydroxyl groups excluding tert-OH is 1. The summed E-state index contributed by atoms with van der Waals surface area (Å²) >= 11 is 0. The number of methoxy groups -OCH3 is 3. The van der Waals surface area contributed by atoms with Gasteiger partial charge in [0.25, 0.3) is 0 Å². The van der Waals surface area contributed by atoms with Crippen LogP contribution in [0.5, 0.6) is 11.5 Å². The molecule has 0 bridgehead atoms. The van der Waals surface area contributed by atoms with Gasteiger partial charge in [-0.3, -0.25) is 4.79 Å². The lowest BCUT2D eigenvalue weighted by atomic mass is 9.94. The van der Waals surface area contributed by atoms with Gasteiger partial charge in [-0.1, -0.05) is 24.3 Å². The van der Waals surface area contributed by atoms with Gasteiger partial charge in [0.2, 0.25) is 0 Å². The number of carbonyl (C=O) groups is 1. The summed E-state index contributed by atoms with van der Waals surface area (Å²) in [6.07, 6.45) is 0. The standard InChI is InChI=1S/C21H26O7/c1-24-8-9-27-14-28-13-16-10-17(25-2)11-19(26-3)20(16)21(23)18-7-5-4-6-15(18)12-22/h4-7,10-11,22H,8-9,12-14H2,1-3H3. The molecule has 0 amide bonds. The van der Waals surface area contributed by atoms with Crippen LogP contribution < -0.4 is 9.47 Å². The third-order valence-electron chi connectivity index (χ3n) is 4.13. The molecule has 28 heavy (non-hydrogen) atoms. The summed E-state index contributed by atoms with van der Waals surface area (Å²) < 4.78 is 26.5. The average Bonchev–Trinajstić information content (AvgIpc) is 2.74. The Labute approximate surface area is 164 Å². The molecule has 7 nitrogen and oxygen atoms in total. The number of carbonyl (C=O) groups excluding carboxylic acids is 1. The van der Waals surface area contributed by atoms with E-state index < -0.39 is 0 Å². The molecule has 0 aliphatic carbocycles. The number of benzene rings is 2. The Morgan fingerprint density at radius 2 is 1.75 bits per heavy atom. The van der Waals surface area contributed by atoms with Gasteiger partial charge in [-0.2, -0.15) is 0 Å². The maximum Gasteiger partial charge on any atom is 0.197 e. The molecule has 0 spiro atoms. The van der Waals surface area contributed by atoms with Gasteiger partial charge >= 0.3 is 0 Å². The fourth-order valence-electron chi connectivity index (χ4n) is 2.72. The first-order chi connectivity index (χ1) is 13.7. The fourth-order valence-corrected chi connectivity index (χ4v) is 2.72. The van der Waals surface area contributed by atoms with Crippen LogP contribution >= 0.6 is 0 Å². The average molecular weight is 390 g/mol. The molecule has 0 aliphatic rings. The number of rotatable bonds is 12. The predicted octanol–water partition coefficient (Wildman–Crippen LogP) is 2.56. The zero-order chi connectivity index (χ0) is 20.4. The van der Waals surface area contributed by atoms with E-state index >= 15 is 0 Å². The van der Waals surface area contributed by atoms with Crippen molar-refractivity contribution in [3.8, 4) is 11.5 Å². The van der Waals surface area contributed by atoms with E-state index in [4.69, 9.17) is 23.7 Å². The Hall–Kier alpha value is -2.45. The number of hydrogen-bond donors (Lipinski definition) is 1. The van der Waals surface area contributed by atoms with Gasteiger partial charge in [-0.15, -0.1) is 0 Å². The first-order valence-corrected chi connectivity index (χ1v) is 8.79. The molecule has 0 saturated carbocycles. The monoisotopic (exact) mass is 390 g/mol. The van der Waals surface area contributed by atoms with Crippen LogP contribution in [0.1, 0.15) is 27.0 Å². The van der Waals surface area contributed by atoms with Crippen molar-refractivity contribution in [2.75, 3.05) is 41.3 Å². The lowest BCUT2D eigenvalue weighted by molar-refractivity contribution is -0.0726. The number of ether oxygens (including phenoxy) is 5. The lowest BCUT2D eigenvalue weighted by Gasteiger charge is -2.16. The second kappa shape index (κ2) is 11.4. The zero-order valence-corrected chi connectivity index (χ0v) is 16.4. The third kappa shape index (κ3) is 5.53. The summed E-state index contributed by atoms with van der Waals surface area (Å²) in [4.78, 5) is 13.3. The first kappa shape index (κ1) is 21.8. The van der Waals surface area contributed by atoms with Crippen molar-refractivity contribution < 1.29 is 33.6 Å². The van der Waals surface area contributed by atoms with E-state index in [0.29, 0.717) is 47.0 Å². The smallest absolute Gasteiger partial charge is 0.197 e. The van der Waals surface area contributed by atoms with Gasteiger partial charge in [0.15, 0.2) is 5.78 Å². The molecule has 0 unspecified atom stereocenters. The minimum atomic E-state index is -0.261. The van der Waals surface area contributed by atoms with E-state index in [0.717, 1.165) is 0 Å². The first-order valence-electron chi connectivity index (χ1n) is 8.79. The molecule has 152 valence electrons. The van der Waals surface area contributed by atoms with Crippen molar-refractivity contribution in [1.82, 2.24) is 0 Å². The van der Waals surface area contributed by atoms with E-state index in [9.17, 15) is 9.90 Å². The Morgan fingerprint density at radius 1 is 0.964 bits per heavy atom. The highest BCUT2D eigenvalue weighted by Crippen LogP contribution is 2.32. The Bertz CT molecular complexity index is 773. The van der Waals surface area contributed by atoms with E-state index in [-0.39, 0.29) is 25.8 Å². The normalized spacial score (nSPS) is 10.7. The van der Waals surface area contributed by atoms with Gasteiger partial charge in [0.05, 0.1) is 46.2 Å². The van der Waals surface area contributed by atoms with Crippen molar-refractivity contribution in [1.29, 1.82) is 0 Å². The molecule has 0 fully saturated rings. The molecule has 7 heteroatoms. The van der Waals surface area contributed by atoms with Crippen LogP contribution in [0.15, 0.2) is 36.4 Å². The number of hydrogen-bond acceptors (Lipinski definition) is 7. The van der Waals surface area contributed by atoms with E-state index in [2.05, 4.69) is 0 Å². The molecule has 0 atom stereocenters. The summed E-state index contributed by atoms with van der Waals surface area (Å²) in [6, 6.07) is 10.3. The molecular formula is C21H26O7. The summed E-state index contributed by atoms with van der Waals surface area (Å²) in [6.45, 7) is 0.831. The van der Waals surface area contributed by atoms with Crippen LogP contribution in [-0.2, 0) is 27.4 Å². The molecule has 0 saturated heterocycles. The SMILES string of the molecule is COCCOCOCc1cc(OC)cc(OC)c1C(=O)c1ccccc1CO. The molecule has 1 N–H and O–H groups in total. The highest BCUT2D eigenvalue weighted by molar-refractivity contribution is 6.12. The molecule has 0 heterocycles. The van der Waals surface area contributed by atoms with Gasteiger partial charge in [-0.05, 0) is 17.2 Å². The Kier molecular flexibility index (Phi) is 8.90. The van der Waals surface area contributed by atoms with Gasteiger partial charge in [-0.25, -0.2) is 0 Å².